The number of hydrogen-bond acceptors (Lipinski definition) is 5. The van der Waals surface area contributed by atoms with E-state index in [4.69, 9.17) is 40.6 Å². The molecule has 0 aliphatic rings. The van der Waals surface area contributed by atoms with Crippen molar-refractivity contribution in [3.8, 4) is 11.5 Å². The van der Waals surface area contributed by atoms with E-state index in [1.165, 1.54) is 12.1 Å². The third-order valence-electron chi connectivity index (χ3n) is 4.56. The molecule has 0 aliphatic heterocycles. The Bertz CT molecular complexity index is 994. The zero-order valence-corrected chi connectivity index (χ0v) is 18.4. The summed E-state index contributed by atoms with van der Waals surface area (Å²) in [4.78, 5) is 13.0. The van der Waals surface area contributed by atoms with Gasteiger partial charge in [0.2, 0.25) is 0 Å². The summed E-state index contributed by atoms with van der Waals surface area (Å²) in [6, 6.07) is 9.87. The lowest BCUT2D eigenvalue weighted by Crippen LogP contribution is -2.40. The Morgan fingerprint density at radius 3 is 2.10 bits per heavy atom. The lowest BCUT2D eigenvalue weighted by molar-refractivity contribution is -0.274. The first-order valence-corrected chi connectivity index (χ1v) is 9.84. The van der Waals surface area contributed by atoms with Gasteiger partial charge in [0.1, 0.15) is 23.1 Å². The van der Waals surface area contributed by atoms with Gasteiger partial charge in [-0.25, -0.2) is 0 Å². The van der Waals surface area contributed by atoms with Crippen LogP contribution in [-0.4, -0.2) is 28.7 Å². The molecule has 166 valence electrons. The van der Waals surface area contributed by atoms with Gasteiger partial charge < -0.3 is 20.9 Å². The monoisotopic (exact) mass is 470 g/mol. The molecule has 0 saturated carbocycles. The van der Waals surface area contributed by atoms with Crippen molar-refractivity contribution >= 4 is 40.2 Å². The number of carbonyl (C=O) groups is 1. The highest BCUT2D eigenvalue weighted by Crippen LogP contribution is 2.29. The van der Waals surface area contributed by atoms with E-state index in [0.29, 0.717) is 11.3 Å². The number of thiocarbonyl (C=S) groups is 2. The van der Waals surface area contributed by atoms with Crippen LogP contribution in [0.4, 0.5) is 13.2 Å². The van der Waals surface area contributed by atoms with Crippen LogP contribution in [0.15, 0.2) is 42.5 Å². The number of ether oxygens (including phenoxy) is 2. The molecule has 1 atom stereocenters. The van der Waals surface area contributed by atoms with Crippen LogP contribution in [0.25, 0.3) is 0 Å². The fourth-order valence-corrected chi connectivity index (χ4v) is 2.97. The summed E-state index contributed by atoms with van der Waals surface area (Å²) in [5.74, 6) is -0.207. The van der Waals surface area contributed by atoms with Gasteiger partial charge in [0.05, 0.1) is 10.4 Å². The Balaban J connectivity index is 2.11. The number of Topliss-reactive ketones (excluding diaryl/α,β-unsaturated/α-hetero) is 1. The van der Waals surface area contributed by atoms with Gasteiger partial charge in [-0.2, -0.15) is 0 Å². The zero-order chi connectivity index (χ0) is 23.4. The molecule has 4 N–H and O–H groups in total. The van der Waals surface area contributed by atoms with E-state index in [1.807, 2.05) is 6.92 Å². The molecular weight excluding hydrogens is 449 g/mol. The fraction of sp³-hybridized carbons (Fsp3) is 0.286. The predicted octanol–water partition coefficient (Wildman–Crippen LogP) is 4.47. The van der Waals surface area contributed by atoms with Gasteiger partial charge >= 0.3 is 6.36 Å². The Morgan fingerprint density at radius 1 is 1.03 bits per heavy atom. The SMILES string of the molecule is Cc1cc(C(N)=S)ccc1OCC(C)(CC(=O)c1ccc(OC(F)(F)F)cc1)C(N)=S. The first-order valence-electron chi connectivity index (χ1n) is 9.03. The molecule has 2 rings (SSSR count). The second-order valence-corrected chi connectivity index (χ2v) is 8.11. The topological polar surface area (TPSA) is 87.6 Å². The minimum absolute atomic E-state index is 0.0244. The minimum atomic E-state index is -4.81. The molecule has 0 saturated heterocycles. The van der Waals surface area contributed by atoms with Gasteiger partial charge in [-0.05, 0) is 61.9 Å². The van der Waals surface area contributed by atoms with Crippen LogP contribution in [0.2, 0.25) is 0 Å². The highest BCUT2D eigenvalue weighted by Gasteiger charge is 2.33. The smallest absolute Gasteiger partial charge is 0.492 e. The van der Waals surface area contributed by atoms with Crippen LogP contribution >= 0.6 is 24.4 Å². The Kier molecular flexibility index (Phi) is 7.61. The molecule has 0 bridgehead atoms. The van der Waals surface area contributed by atoms with Crippen molar-refractivity contribution in [2.45, 2.75) is 26.6 Å². The van der Waals surface area contributed by atoms with Crippen molar-refractivity contribution in [3.63, 3.8) is 0 Å². The number of rotatable bonds is 9. The number of hydrogen-bond donors (Lipinski definition) is 2. The van der Waals surface area contributed by atoms with E-state index < -0.39 is 17.5 Å². The molecule has 5 nitrogen and oxygen atoms in total. The lowest BCUT2D eigenvalue weighted by atomic mass is 9.84. The van der Waals surface area contributed by atoms with Crippen LogP contribution in [-0.2, 0) is 0 Å². The van der Waals surface area contributed by atoms with Crippen LogP contribution in [0, 0.1) is 12.3 Å². The van der Waals surface area contributed by atoms with Crippen molar-refractivity contribution in [2.24, 2.45) is 16.9 Å². The number of aryl methyl sites for hydroxylation is 1. The Labute approximate surface area is 188 Å². The predicted molar refractivity (Wildman–Crippen MR) is 120 cm³/mol. The van der Waals surface area contributed by atoms with Crippen LogP contribution in [0.5, 0.6) is 11.5 Å². The van der Waals surface area contributed by atoms with E-state index in [2.05, 4.69) is 4.74 Å². The van der Waals surface area contributed by atoms with Gasteiger partial charge in [0, 0.05) is 17.5 Å². The van der Waals surface area contributed by atoms with Crippen molar-refractivity contribution < 1.29 is 27.4 Å². The van der Waals surface area contributed by atoms with Gasteiger partial charge in [-0.1, -0.05) is 24.4 Å². The van der Waals surface area contributed by atoms with Gasteiger partial charge in [-0.15, -0.1) is 13.2 Å². The Morgan fingerprint density at radius 2 is 1.61 bits per heavy atom. The van der Waals surface area contributed by atoms with Crippen molar-refractivity contribution in [1.82, 2.24) is 0 Å². The summed E-state index contributed by atoms with van der Waals surface area (Å²) in [5.41, 5.74) is 12.2. The molecule has 0 fully saturated rings. The average molecular weight is 471 g/mol. The maximum atomic E-state index is 12.7. The quantitative estimate of drug-likeness (QED) is 0.413. The summed E-state index contributed by atoms with van der Waals surface area (Å²) < 4.78 is 46.5. The third kappa shape index (κ3) is 6.90. The average Bonchev–Trinajstić information content (AvgIpc) is 2.66. The second-order valence-electron chi connectivity index (χ2n) is 7.23. The van der Waals surface area contributed by atoms with Gasteiger partial charge in [0.15, 0.2) is 5.78 Å². The third-order valence-corrected chi connectivity index (χ3v) is 5.29. The summed E-state index contributed by atoms with van der Waals surface area (Å²) >= 11 is 10.1. The Hall–Kier alpha value is -2.72. The largest absolute Gasteiger partial charge is 0.573 e. The molecule has 0 heterocycles. The number of carbonyl (C=O) groups excluding carboxylic acids is 1. The van der Waals surface area contributed by atoms with Crippen molar-refractivity contribution in [1.29, 1.82) is 0 Å². The van der Waals surface area contributed by atoms with Crippen molar-refractivity contribution in [3.05, 3.63) is 59.2 Å². The molecule has 31 heavy (non-hydrogen) atoms. The van der Waals surface area contributed by atoms with E-state index in [1.54, 1.807) is 25.1 Å². The molecule has 1 unspecified atom stereocenters. The standard InChI is InChI=1S/C21H21F3N2O3S2/c1-12-9-14(18(25)30)5-8-17(12)28-11-20(2,19(26)31)10-16(27)13-3-6-15(7-4-13)29-21(22,23)24/h3-9H,10-11H2,1-2H3,(H2,25,30)(H2,26,31). The van der Waals surface area contributed by atoms with E-state index >= 15 is 0 Å². The number of ketones is 1. The van der Waals surface area contributed by atoms with Gasteiger partial charge in [0.25, 0.3) is 0 Å². The first kappa shape index (κ1) is 24.5. The van der Waals surface area contributed by atoms with Crippen molar-refractivity contribution in [2.75, 3.05) is 6.61 Å². The number of benzene rings is 2. The summed E-state index contributed by atoms with van der Waals surface area (Å²) in [5, 5.41) is 0. The van der Waals surface area contributed by atoms with E-state index in [0.717, 1.165) is 17.7 Å². The normalized spacial score (nSPS) is 13.2. The molecule has 0 aliphatic carbocycles. The van der Waals surface area contributed by atoms with Crippen LogP contribution < -0.4 is 20.9 Å². The van der Waals surface area contributed by atoms with E-state index in [-0.39, 0.29) is 34.4 Å². The zero-order valence-electron chi connectivity index (χ0n) is 16.8. The summed E-state index contributed by atoms with van der Waals surface area (Å²) in [7, 11) is 0. The highest BCUT2D eigenvalue weighted by atomic mass is 32.1. The summed E-state index contributed by atoms with van der Waals surface area (Å²) in [6.45, 7) is 3.54. The lowest BCUT2D eigenvalue weighted by Gasteiger charge is -2.28. The molecule has 0 spiro atoms. The summed E-state index contributed by atoms with van der Waals surface area (Å²) in [6.07, 6.45) is -4.90. The minimum Gasteiger partial charge on any atom is -0.492 e. The molecule has 0 amide bonds. The van der Waals surface area contributed by atoms with Crippen LogP contribution in [0.1, 0.15) is 34.8 Å². The molecule has 10 heteroatoms. The molecule has 0 radical (unpaired) electrons. The second kappa shape index (κ2) is 9.61. The van der Waals surface area contributed by atoms with Crippen LogP contribution in [0.3, 0.4) is 0 Å². The first-order chi connectivity index (χ1) is 14.3. The molecular formula is C21H21F3N2O3S2. The maximum Gasteiger partial charge on any atom is 0.573 e. The highest BCUT2D eigenvalue weighted by molar-refractivity contribution is 7.80. The number of halogens is 3. The number of nitrogens with two attached hydrogens (primary N) is 2. The van der Waals surface area contributed by atoms with Gasteiger partial charge in [-0.3, -0.25) is 4.79 Å². The maximum absolute atomic E-state index is 12.7. The molecule has 2 aromatic rings. The van der Waals surface area contributed by atoms with E-state index in [9.17, 15) is 18.0 Å². The molecule has 2 aromatic carbocycles. The number of alkyl halides is 3. The fourth-order valence-electron chi connectivity index (χ4n) is 2.71. The molecule has 0 aromatic heterocycles.